The fraction of sp³-hybridized carbons (Fsp3) is 0.333. The number of hydrogen-bond donors (Lipinski definition) is 1. The van der Waals surface area contributed by atoms with Crippen molar-refractivity contribution in [3.63, 3.8) is 0 Å². The lowest BCUT2D eigenvalue weighted by atomic mass is 9.94. The van der Waals surface area contributed by atoms with Crippen LogP contribution in [0, 0.1) is 0 Å². The van der Waals surface area contributed by atoms with Crippen LogP contribution in [0.25, 0.3) is 0 Å². The van der Waals surface area contributed by atoms with E-state index in [0.29, 0.717) is 5.75 Å². The highest BCUT2D eigenvalue weighted by molar-refractivity contribution is 5.96. The third kappa shape index (κ3) is 5.45. The molecule has 1 saturated carbocycles. The summed E-state index contributed by atoms with van der Waals surface area (Å²) < 4.78 is 11.0. The van der Waals surface area contributed by atoms with Gasteiger partial charge in [-0.05, 0) is 36.6 Å². The fourth-order valence-corrected chi connectivity index (χ4v) is 4.47. The van der Waals surface area contributed by atoms with Gasteiger partial charge in [0.05, 0.1) is 19.9 Å². The Morgan fingerprint density at radius 3 is 2.42 bits per heavy atom. The maximum atomic E-state index is 13.7. The summed E-state index contributed by atoms with van der Waals surface area (Å²) in [4.78, 5) is 28.9. The van der Waals surface area contributed by atoms with E-state index in [2.05, 4.69) is 5.32 Å². The van der Waals surface area contributed by atoms with Crippen LogP contribution < -0.4 is 10.1 Å². The number of carbonyl (C=O) groups excluding carboxylic acids is 2. The molecule has 6 nitrogen and oxygen atoms in total. The zero-order valence-electron chi connectivity index (χ0n) is 18.9. The Bertz CT molecular complexity index is 1040. The first-order chi connectivity index (χ1) is 16.2. The second-order valence-electron chi connectivity index (χ2n) is 8.38. The fourth-order valence-electron chi connectivity index (χ4n) is 4.47. The summed E-state index contributed by atoms with van der Waals surface area (Å²) in [5, 5.41) is 3.22. The molecular formula is C27H30N2O4. The van der Waals surface area contributed by atoms with Crippen LogP contribution in [-0.4, -0.2) is 29.9 Å². The van der Waals surface area contributed by atoms with E-state index in [4.69, 9.17) is 9.15 Å². The van der Waals surface area contributed by atoms with Crippen LogP contribution in [-0.2, 0) is 11.3 Å². The minimum atomic E-state index is -0.810. The summed E-state index contributed by atoms with van der Waals surface area (Å²) in [6.07, 6.45) is 6.81. The second-order valence-corrected chi connectivity index (χ2v) is 8.38. The Balaban J connectivity index is 1.73. The van der Waals surface area contributed by atoms with E-state index in [1.54, 1.807) is 24.1 Å². The van der Waals surface area contributed by atoms with Crippen molar-refractivity contribution >= 4 is 11.8 Å². The minimum Gasteiger partial charge on any atom is -0.496 e. The van der Waals surface area contributed by atoms with E-state index >= 15 is 0 Å². The molecule has 4 rings (SSSR count). The number of hydrogen-bond acceptors (Lipinski definition) is 4. The number of ether oxygens (including phenoxy) is 1. The summed E-state index contributed by atoms with van der Waals surface area (Å²) in [5.74, 6) is 0.326. The zero-order chi connectivity index (χ0) is 23.0. The number of methoxy groups -OCH3 is 1. The van der Waals surface area contributed by atoms with E-state index in [1.807, 2.05) is 54.6 Å². The van der Waals surface area contributed by atoms with Gasteiger partial charge in [-0.2, -0.15) is 0 Å². The monoisotopic (exact) mass is 446 g/mol. The molecule has 0 aliphatic heterocycles. The third-order valence-electron chi connectivity index (χ3n) is 6.15. The zero-order valence-corrected chi connectivity index (χ0v) is 18.9. The molecule has 0 unspecified atom stereocenters. The maximum Gasteiger partial charge on any atom is 0.290 e. The molecule has 1 N–H and O–H groups in total. The molecule has 172 valence electrons. The predicted octanol–water partition coefficient (Wildman–Crippen LogP) is 5.12. The van der Waals surface area contributed by atoms with Crippen LogP contribution in [0.4, 0.5) is 0 Å². The molecule has 0 saturated heterocycles. The van der Waals surface area contributed by atoms with Gasteiger partial charge in [0.1, 0.15) is 11.8 Å². The van der Waals surface area contributed by atoms with Gasteiger partial charge in [-0.1, -0.05) is 67.8 Å². The maximum absolute atomic E-state index is 13.7. The van der Waals surface area contributed by atoms with Gasteiger partial charge in [0.2, 0.25) is 5.91 Å². The van der Waals surface area contributed by atoms with Gasteiger partial charge in [0.25, 0.3) is 5.91 Å². The first-order valence-electron chi connectivity index (χ1n) is 11.5. The standard InChI is InChI=1S/C27H30N2O4/c1-32-23-16-9-8-13-21(23)19-29(27(31)24-17-10-18-33-24)25(20-11-4-2-5-12-20)26(30)28-22-14-6-3-7-15-22/h2,4-5,8-13,16-18,22,25H,3,6-7,14-15,19H2,1H3,(H,28,30)/t25-/m1/s1. The van der Waals surface area contributed by atoms with E-state index in [-0.39, 0.29) is 30.2 Å². The van der Waals surface area contributed by atoms with Crippen molar-refractivity contribution in [2.45, 2.75) is 50.7 Å². The number of amides is 2. The van der Waals surface area contributed by atoms with Crippen LogP contribution in [0.5, 0.6) is 5.75 Å². The Labute approximate surface area is 194 Å². The number of nitrogens with one attached hydrogen (secondary N) is 1. The molecule has 1 aliphatic carbocycles. The molecule has 0 bridgehead atoms. The van der Waals surface area contributed by atoms with Crippen LogP contribution in [0.2, 0.25) is 0 Å². The summed E-state index contributed by atoms with van der Waals surface area (Å²) in [5.41, 5.74) is 1.56. The minimum absolute atomic E-state index is 0.129. The molecule has 1 heterocycles. The lowest BCUT2D eigenvalue weighted by Gasteiger charge is -2.33. The van der Waals surface area contributed by atoms with Gasteiger partial charge in [-0.25, -0.2) is 0 Å². The Hall–Kier alpha value is -3.54. The van der Waals surface area contributed by atoms with Gasteiger partial charge >= 0.3 is 0 Å². The highest BCUT2D eigenvalue weighted by Crippen LogP contribution is 2.29. The molecule has 0 spiro atoms. The molecule has 33 heavy (non-hydrogen) atoms. The molecule has 2 amide bonds. The number of carbonyl (C=O) groups is 2. The van der Waals surface area contributed by atoms with Crippen molar-refractivity contribution in [2.24, 2.45) is 0 Å². The summed E-state index contributed by atoms with van der Waals surface area (Å²) in [6, 6.07) is 19.6. The van der Waals surface area contributed by atoms with Gasteiger partial charge in [-0.15, -0.1) is 0 Å². The Morgan fingerprint density at radius 1 is 1.00 bits per heavy atom. The third-order valence-corrected chi connectivity index (χ3v) is 6.15. The number of para-hydroxylation sites is 1. The van der Waals surface area contributed by atoms with Gasteiger partial charge in [0.15, 0.2) is 5.76 Å². The lowest BCUT2D eigenvalue weighted by Crippen LogP contribution is -2.46. The predicted molar refractivity (Wildman–Crippen MR) is 126 cm³/mol. The quantitative estimate of drug-likeness (QED) is 0.521. The normalized spacial score (nSPS) is 14.9. The summed E-state index contributed by atoms with van der Waals surface area (Å²) in [6.45, 7) is 0.196. The van der Waals surface area contributed by atoms with Crippen molar-refractivity contribution in [1.29, 1.82) is 0 Å². The molecule has 3 aromatic rings. The second kappa shape index (κ2) is 10.9. The van der Waals surface area contributed by atoms with Crippen LogP contribution in [0.3, 0.4) is 0 Å². The van der Waals surface area contributed by atoms with Crippen molar-refractivity contribution in [3.05, 3.63) is 89.9 Å². The van der Waals surface area contributed by atoms with Crippen molar-refractivity contribution in [2.75, 3.05) is 7.11 Å². The number of furan rings is 1. The van der Waals surface area contributed by atoms with Gasteiger partial charge in [-0.3, -0.25) is 9.59 Å². The average molecular weight is 447 g/mol. The smallest absolute Gasteiger partial charge is 0.290 e. The lowest BCUT2D eigenvalue weighted by molar-refractivity contribution is -0.127. The molecule has 1 fully saturated rings. The molecule has 0 radical (unpaired) electrons. The highest BCUT2D eigenvalue weighted by Gasteiger charge is 2.34. The number of rotatable bonds is 8. The summed E-state index contributed by atoms with van der Waals surface area (Å²) in [7, 11) is 1.60. The first kappa shape index (κ1) is 22.6. The van der Waals surface area contributed by atoms with E-state index in [1.165, 1.54) is 12.7 Å². The van der Waals surface area contributed by atoms with Gasteiger partial charge < -0.3 is 19.4 Å². The SMILES string of the molecule is COc1ccccc1CN(C(=O)c1ccco1)[C@@H](C(=O)NC1CCCCC1)c1ccccc1. The van der Waals surface area contributed by atoms with Crippen LogP contribution in [0.15, 0.2) is 77.4 Å². The molecule has 2 aromatic carbocycles. The van der Waals surface area contributed by atoms with Gasteiger partial charge in [0, 0.05) is 11.6 Å². The number of benzene rings is 2. The number of nitrogens with zero attached hydrogens (tertiary/aromatic N) is 1. The highest BCUT2D eigenvalue weighted by atomic mass is 16.5. The van der Waals surface area contributed by atoms with Crippen LogP contribution in [0.1, 0.15) is 59.8 Å². The van der Waals surface area contributed by atoms with Crippen molar-refractivity contribution in [3.8, 4) is 5.75 Å². The van der Waals surface area contributed by atoms with E-state index in [9.17, 15) is 9.59 Å². The van der Waals surface area contributed by atoms with Crippen LogP contribution >= 0.6 is 0 Å². The van der Waals surface area contributed by atoms with Crippen molar-refractivity contribution < 1.29 is 18.7 Å². The van der Waals surface area contributed by atoms with E-state index < -0.39 is 6.04 Å². The van der Waals surface area contributed by atoms with Crippen molar-refractivity contribution in [1.82, 2.24) is 10.2 Å². The molecule has 1 atom stereocenters. The molecule has 1 aromatic heterocycles. The topological polar surface area (TPSA) is 71.8 Å². The first-order valence-corrected chi connectivity index (χ1v) is 11.5. The Morgan fingerprint density at radius 2 is 1.73 bits per heavy atom. The largest absolute Gasteiger partial charge is 0.496 e. The molecule has 6 heteroatoms. The van der Waals surface area contributed by atoms with E-state index in [0.717, 1.165) is 36.8 Å². The summed E-state index contributed by atoms with van der Waals surface area (Å²) >= 11 is 0. The molecular weight excluding hydrogens is 416 g/mol. The average Bonchev–Trinajstić information content (AvgIpc) is 3.40. The Kier molecular flexibility index (Phi) is 7.45. The molecule has 1 aliphatic rings.